The molecule has 388 valence electrons. The number of hydrogen-bond donors (Lipinski definition) is 0. The fraction of sp³-hybridized carbons (Fsp3) is 0.906. The summed E-state index contributed by atoms with van der Waals surface area (Å²) in [5.41, 5.74) is 3.37. The zero-order valence-corrected chi connectivity index (χ0v) is 46.2. The maximum absolute atomic E-state index is 6.53. The molecular formula is C64H114O3. The van der Waals surface area contributed by atoms with Crippen molar-refractivity contribution < 1.29 is 14.2 Å². The molecule has 11 atom stereocenters. The first-order valence-corrected chi connectivity index (χ1v) is 30.3. The Labute approximate surface area is 418 Å². The molecule has 11 unspecified atom stereocenters. The molecule has 0 aromatic heterocycles. The van der Waals surface area contributed by atoms with Crippen molar-refractivity contribution in [2.45, 2.75) is 273 Å². The van der Waals surface area contributed by atoms with Crippen LogP contribution >= 0.6 is 0 Å². The average molecular weight is 932 g/mol. The summed E-state index contributed by atoms with van der Waals surface area (Å²) in [6.45, 7) is 24.6. The van der Waals surface area contributed by atoms with Crippen LogP contribution in [-0.2, 0) is 14.2 Å². The molecule has 0 bridgehead atoms. The molecule has 3 nitrogen and oxygen atoms in total. The first-order valence-electron chi connectivity index (χ1n) is 30.3. The van der Waals surface area contributed by atoms with E-state index in [1.54, 1.807) is 0 Å². The van der Waals surface area contributed by atoms with Gasteiger partial charge in [-0.3, -0.25) is 0 Å². The first kappa shape index (κ1) is 57.0. The molecule has 0 radical (unpaired) electrons. The van der Waals surface area contributed by atoms with Crippen LogP contribution in [0, 0.1) is 63.6 Å². The van der Waals surface area contributed by atoms with Gasteiger partial charge in [-0.05, 0) is 173 Å². The molecule has 0 amide bonds. The minimum absolute atomic E-state index is 0.240. The van der Waals surface area contributed by atoms with Gasteiger partial charge in [0.2, 0.25) is 0 Å². The number of ether oxygens (including phenoxy) is 3. The maximum atomic E-state index is 6.53. The molecule has 5 rings (SSSR count). The number of rotatable bonds is 36. The third-order valence-electron chi connectivity index (χ3n) is 19.8. The summed E-state index contributed by atoms with van der Waals surface area (Å²) >= 11 is 0. The van der Waals surface area contributed by atoms with E-state index in [9.17, 15) is 0 Å². The van der Waals surface area contributed by atoms with Gasteiger partial charge in [0.05, 0.1) is 12.7 Å². The van der Waals surface area contributed by atoms with Crippen molar-refractivity contribution in [3.8, 4) is 0 Å². The zero-order chi connectivity index (χ0) is 47.8. The number of unbranched alkanes of at least 4 members (excludes halogenated alkanes) is 12. The van der Waals surface area contributed by atoms with E-state index in [1.807, 2.05) is 5.57 Å². The lowest BCUT2D eigenvalue weighted by Gasteiger charge is -2.63. The molecule has 5 aliphatic carbocycles. The van der Waals surface area contributed by atoms with E-state index >= 15 is 0 Å². The van der Waals surface area contributed by atoms with E-state index in [2.05, 4.69) is 85.8 Å². The van der Waals surface area contributed by atoms with Crippen molar-refractivity contribution in [3.63, 3.8) is 0 Å². The Morgan fingerprint density at radius 2 is 1.34 bits per heavy atom. The monoisotopic (exact) mass is 931 g/mol. The summed E-state index contributed by atoms with van der Waals surface area (Å²) in [6.07, 6.45) is 56.9. The minimum Gasteiger partial charge on any atom is -0.381 e. The summed E-state index contributed by atoms with van der Waals surface area (Å²) in [5, 5.41) is 0. The minimum atomic E-state index is 0.240. The molecule has 0 heterocycles. The second-order valence-corrected chi connectivity index (χ2v) is 25.3. The Hall–Kier alpha value is -0.900. The SMILES string of the molecule is CCCCCC=CCC=CCCCCCCCCCCOCC(CC1CCCC1C)OCCCOCCCCC1CCC2(C)C(=CCC3(C)C2CCC2(C)C(C(C)CCCC(C)C)CCC23)C1. The van der Waals surface area contributed by atoms with Gasteiger partial charge in [-0.2, -0.15) is 0 Å². The fourth-order valence-electron chi connectivity index (χ4n) is 15.7. The Balaban J connectivity index is 0.884. The summed E-state index contributed by atoms with van der Waals surface area (Å²) in [4.78, 5) is 0. The van der Waals surface area contributed by atoms with E-state index in [-0.39, 0.29) is 6.10 Å². The van der Waals surface area contributed by atoms with Gasteiger partial charge in [0.15, 0.2) is 0 Å². The van der Waals surface area contributed by atoms with Crippen molar-refractivity contribution in [1.82, 2.24) is 0 Å². The van der Waals surface area contributed by atoms with Crippen LogP contribution in [0.25, 0.3) is 0 Å². The van der Waals surface area contributed by atoms with Gasteiger partial charge in [0, 0.05) is 26.4 Å². The summed E-state index contributed by atoms with van der Waals surface area (Å²) in [5.74, 6) is 7.00. The normalized spacial score (nSPS) is 31.7. The van der Waals surface area contributed by atoms with Gasteiger partial charge in [0.1, 0.15) is 0 Å². The molecular weight excluding hydrogens is 817 g/mol. The van der Waals surface area contributed by atoms with Crippen molar-refractivity contribution >= 4 is 0 Å². The fourth-order valence-corrected chi connectivity index (χ4v) is 15.7. The van der Waals surface area contributed by atoms with Crippen molar-refractivity contribution in [3.05, 3.63) is 36.0 Å². The Bertz CT molecular complexity index is 1400. The molecule has 0 saturated heterocycles. The molecule has 67 heavy (non-hydrogen) atoms. The first-order chi connectivity index (χ1) is 32.5. The third kappa shape index (κ3) is 18.0. The molecule has 4 saturated carbocycles. The van der Waals surface area contributed by atoms with Gasteiger partial charge >= 0.3 is 0 Å². The third-order valence-corrected chi connectivity index (χ3v) is 19.8. The van der Waals surface area contributed by atoms with E-state index in [1.165, 1.54) is 199 Å². The van der Waals surface area contributed by atoms with Gasteiger partial charge in [0.25, 0.3) is 0 Å². The van der Waals surface area contributed by atoms with E-state index < -0.39 is 0 Å². The molecule has 0 aromatic carbocycles. The smallest absolute Gasteiger partial charge is 0.0811 e. The predicted octanol–water partition coefficient (Wildman–Crippen LogP) is 19.4. The lowest BCUT2D eigenvalue weighted by Crippen LogP contribution is -2.56. The standard InChI is InChI=1S/C64H114O3/c1-9-10-11-12-13-14-15-16-17-18-19-20-21-22-23-24-25-27-46-66-51-58(50-56-36-30-33-53(56)4)67-48-31-47-65-45-28-26-35-55-39-42-62(6)57(49-55)40-43-64(8)60-38-37-59(54(5)34-29-32-52(2)3)63(60,7)44-41-61(62)64/h13-14,16-17,40,52-56,58-61H,9-12,15,18-39,41-51H2,1-8H3. The Morgan fingerprint density at radius 1 is 0.642 bits per heavy atom. The Kier molecular flexibility index (Phi) is 26.3. The van der Waals surface area contributed by atoms with Crippen LogP contribution in [-0.4, -0.2) is 39.1 Å². The van der Waals surface area contributed by atoms with Crippen LogP contribution in [0.1, 0.15) is 267 Å². The zero-order valence-electron chi connectivity index (χ0n) is 46.2. The van der Waals surface area contributed by atoms with Crippen LogP contribution in [0.2, 0.25) is 0 Å². The van der Waals surface area contributed by atoms with Crippen LogP contribution in [0.15, 0.2) is 36.0 Å². The lowest BCUT2D eigenvalue weighted by molar-refractivity contribution is -0.112. The average Bonchev–Trinajstić information content (AvgIpc) is 3.89. The topological polar surface area (TPSA) is 27.7 Å². The van der Waals surface area contributed by atoms with E-state index in [4.69, 9.17) is 14.2 Å². The van der Waals surface area contributed by atoms with Gasteiger partial charge in [-0.25, -0.2) is 0 Å². The van der Waals surface area contributed by atoms with Gasteiger partial charge in [-0.15, -0.1) is 0 Å². The van der Waals surface area contributed by atoms with E-state index in [0.29, 0.717) is 16.2 Å². The largest absolute Gasteiger partial charge is 0.381 e. The molecule has 4 fully saturated rings. The van der Waals surface area contributed by atoms with Crippen molar-refractivity contribution in [2.75, 3.05) is 33.0 Å². The molecule has 0 spiro atoms. The summed E-state index contributed by atoms with van der Waals surface area (Å²) < 4.78 is 19.0. The van der Waals surface area contributed by atoms with Crippen molar-refractivity contribution in [1.29, 1.82) is 0 Å². The summed E-state index contributed by atoms with van der Waals surface area (Å²) in [7, 11) is 0. The predicted molar refractivity (Wildman–Crippen MR) is 291 cm³/mol. The quantitative estimate of drug-likeness (QED) is 0.0463. The highest BCUT2D eigenvalue weighted by molar-refractivity contribution is 5.27. The molecule has 5 aliphatic rings. The Morgan fingerprint density at radius 3 is 2.07 bits per heavy atom. The van der Waals surface area contributed by atoms with Crippen LogP contribution < -0.4 is 0 Å². The number of hydrogen-bond acceptors (Lipinski definition) is 3. The number of fused-ring (bicyclic) bond motifs is 5. The van der Waals surface area contributed by atoms with Gasteiger partial charge < -0.3 is 14.2 Å². The maximum Gasteiger partial charge on any atom is 0.0811 e. The molecule has 0 N–H and O–H groups in total. The highest BCUT2D eigenvalue weighted by Gasteiger charge is 2.63. The van der Waals surface area contributed by atoms with Crippen LogP contribution in [0.5, 0.6) is 0 Å². The second kappa shape index (κ2) is 30.9. The number of allylic oxidation sites excluding steroid dienone is 6. The van der Waals surface area contributed by atoms with Crippen LogP contribution in [0.4, 0.5) is 0 Å². The van der Waals surface area contributed by atoms with Crippen LogP contribution in [0.3, 0.4) is 0 Å². The van der Waals surface area contributed by atoms with Gasteiger partial charge in [-0.1, -0.05) is 194 Å². The van der Waals surface area contributed by atoms with E-state index in [0.717, 1.165) is 93.2 Å². The molecule has 0 aromatic rings. The second-order valence-electron chi connectivity index (χ2n) is 25.3. The molecule has 0 aliphatic heterocycles. The van der Waals surface area contributed by atoms with Crippen molar-refractivity contribution in [2.24, 2.45) is 63.6 Å². The molecule has 3 heteroatoms. The highest BCUT2D eigenvalue weighted by Crippen LogP contribution is 2.72. The highest BCUT2D eigenvalue weighted by atomic mass is 16.5. The lowest BCUT2D eigenvalue weighted by atomic mass is 9.41. The summed E-state index contributed by atoms with van der Waals surface area (Å²) in [6, 6.07) is 0.